The van der Waals surface area contributed by atoms with Gasteiger partial charge >= 0.3 is 0 Å². The van der Waals surface area contributed by atoms with Crippen molar-refractivity contribution in [3.8, 4) is 5.75 Å². The summed E-state index contributed by atoms with van der Waals surface area (Å²) in [6, 6.07) is 7.14. The van der Waals surface area contributed by atoms with Crippen molar-refractivity contribution in [2.75, 3.05) is 7.11 Å². The van der Waals surface area contributed by atoms with Crippen LogP contribution in [0.4, 0.5) is 13.2 Å². The minimum Gasteiger partial charge on any atom is -0.496 e. The molecule has 0 aliphatic heterocycles. The molecule has 0 atom stereocenters. The minimum absolute atomic E-state index is 0.00119. The maximum Gasteiger partial charge on any atom is 0.255 e. The molecule has 0 heterocycles. The van der Waals surface area contributed by atoms with Gasteiger partial charge in [0.05, 0.1) is 12.7 Å². The molecule has 0 saturated carbocycles. The van der Waals surface area contributed by atoms with Gasteiger partial charge in [-0.3, -0.25) is 4.79 Å². The zero-order valence-corrected chi connectivity index (χ0v) is 11.1. The highest BCUT2D eigenvalue weighted by molar-refractivity contribution is 5.96. The summed E-state index contributed by atoms with van der Waals surface area (Å²) >= 11 is 0. The molecule has 0 bridgehead atoms. The Hall–Kier alpha value is -2.50. The fraction of sp³-hybridized carbons (Fsp3) is 0.133. The normalized spacial score (nSPS) is 10.3. The second-order valence-electron chi connectivity index (χ2n) is 4.24. The minimum atomic E-state index is -1.02. The van der Waals surface area contributed by atoms with E-state index in [0.717, 1.165) is 18.2 Å². The van der Waals surface area contributed by atoms with E-state index in [-0.39, 0.29) is 23.4 Å². The SMILES string of the molecule is COc1ccc(F)cc1C(=O)NCc1cccc(F)c1F. The van der Waals surface area contributed by atoms with Crippen molar-refractivity contribution in [3.05, 3.63) is 65.0 Å². The lowest BCUT2D eigenvalue weighted by molar-refractivity contribution is 0.0947. The molecule has 1 N–H and O–H groups in total. The monoisotopic (exact) mass is 295 g/mol. The molecule has 0 aromatic heterocycles. The van der Waals surface area contributed by atoms with Crippen LogP contribution in [-0.4, -0.2) is 13.0 Å². The molecule has 0 unspecified atom stereocenters. The summed E-state index contributed by atoms with van der Waals surface area (Å²) in [5, 5.41) is 2.39. The van der Waals surface area contributed by atoms with Crippen LogP contribution in [0, 0.1) is 17.5 Å². The number of hydrogen-bond donors (Lipinski definition) is 1. The largest absolute Gasteiger partial charge is 0.496 e. The Balaban J connectivity index is 2.15. The van der Waals surface area contributed by atoms with Crippen LogP contribution in [0.15, 0.2) is 36.4 Å². The Kier molecular flexibility index (Phi) is 4.47. The predicted molar refractivity (Wildman–Crippen MR) is 70.5 cm³/mol. The quantitative estimate of drug-likeness (QED) is 0.941. The molecule has 0 radical (unpaired) electrons. The number of ether oxygens (including phenoxy) is 1. The van der Waals surface area contributed by atoms with E-state index in [1.54, 1.807) is 0 Å². The number of rotatable bonds is 4. The summed E-state index contributed by atoms with van der Waals surface area (Å²) in [4.78, 5) is 12.0. The Morgan fingerprint density at radius 3 is 2.67 bits per heavy atom. The van der Waals surface area contributed by atoms with Gasteiger partial charge < -0.3 is 10.1 Å². The lowest BCUT2D eigenvalue weighted by atomic mass is 10.1. The van der Waals surface area contributed by atoms with Crippen LogP contribution in [0.3, 0.4) is 0 Å². The topological polar surface area (TPSA) is 38.3 Å². The first-order valence-electron chi connectivity index (χ1n) is 6.07. The maximum atomic E-state index is 13.5. The van der Waals surface area contributed by atoms with E-state index in [4.69, 9.17) is 4.74 Å². The van der Waals surface area contributed by atoms with Crippen LogP contribution in [0.5, 0.6) is 5.75 Å². The maximum absolute atomic E-state index is 13.5. The highest BCUT2D eigenvalue weighted by atomic mass is 19.2. The van der Waals surface area contributed by atoms with E-state index in [1.165, 1.54) is 25.3 Å². The molecule has 110 valence electrons. The molecular weight excluding hydrogens is 283 g/mol. The summed E-state index contributed by atoms with van der Waals surface area (Å²) in [5.41, 5.74) is -0.0203. The van der Waals surface area contributed by atoms with Crippen LogP contribution in [0.2, 0.25) is 0 Å². The van der Waals surface area contributed by atoms with Gasteiger partial charge in [0.25, 0.3) is 5.91 Å². The summed E-state index contributed by atoms with van der Waals surface area (Å²) in [6.07, 6.45) is 0. The van der Waals surface area contributed by atoms with Crippen LogP contribution in [0.1, 0.15) is 15.9 Å². The molecule has 21 heavy (non-hydrogen) atoms. The van der Waals surface area contributed by atoms with E-state index >= 15 is 0 Å². The zero-order valence-electron chi connectivity index (χ0n) is 11.1. The van der Waals surface area contributed by atoms with Gasteiger partial charge in [0.15, 0.2) is 11.6 Å². The molecule has 2 aromatic rings. The summed E-state index contributed by atoms with van der Waals surface area (Å²) in [5.74, 6) is -3.07. The van der Waals surface area contributed by atoms with E-state index in [0.29, 0.717) is 0 Å². The van der Waals surface area contributed by atoms with E-state index in [9.17, 15) is 18.0 Å². The van der Waals surface area contributed by atoms with Gasteiger partial charge in [-0.05, 0) is 24.3 Å². The average Bonchev–Trinajstić information content (AvgIpc) is 2.48. The Morgan fingerprint density at radius 2 is 1.95 bits per heavy atom. The van der Waals surface area contributed by atoms with E-state index in [1.807, 2.05) is 0 Å². The first-order valence-corrected chi connectivity index (χ1v) is 6.07. The van der Waals surface area contributed by atoms with Gasteiger partial charge in [-0.15, -0.1) is 0 Å². The highest BCUT2D eigenvalue weighted by Crippen LogP contribution is 2.19. The molecular formula is C15H12F3NO2. The van der Waals surface area contributed by atoms with Crippen molar-refractivity contribution in [1.82, 2.24) is 5.32 Å². The molecule has 2 aromatic carbocycles. The molecule has 2 rings (SSSR count). The summed E-state index contributed by atoms with van der Waals surface area (Å²) in [6.45, 7) is -0.220. The summed E-state index contributed by atoms with van der Waals surface area (Å²) in [7, 11) is 1.34. The number of methoxy groups -OCH3 is 1. The Morgan fingerprint density at radius 1 is 1.19 bits per heavy atom. The molecule has 0 saturated heterocycles. The van der Waals surface area contributed by atoms with E-state index in [2.05, 4.69) is 5.32 Å². The number of halogens is 3. The second-order valence-corrected chi connectivity index (χ2v) is 4.24. The number of hydrogen-bond acceptors (Lipinski definition) is 2. The number of amides is 1. The van der Waals surface area contributed by atoms with Gasteiger partial charge in [0.1, 0.15) is 11.6 Å². The third kappa shape index (κ3) is 3.34. The lowest BCUT2D eigenvalue weighted by Crippen LogP contribution is -2.24. The second kappa shape index (κ2) is 6.30. The number of benzene rings is 2. The van der Waals surface area contributed by atoms with Crippen molar-refractivity contribution < 1.29 is 22.7 Å². The third-order valence-corrected chi connectivity index (χ3v) is 2.88. The molecule has 0 fully saturated rings. The zero-order chi connectivity index (χ0) is 15.4. The van der Waals surface area contributed by atoms with Gasteiger partial charge in [-0.2, -0.15) is 0 Å². The lowest BCUT2D eigenvalue weighted by Gasteiger charge is -2.10. The van der Waals surface area contributed by atoms with Crippen molar-refractivity contribution in [2.24, 2.45) is 0 Å². The van der Waals surface area contributed by atoms with Crippen LogP contribution < -0.4 is 10.1 Å². The molecule has 3 nitrogen and oxygen atoms in total. The molecule has 0 aliphatic carbocycles. The number of carbonyl (C=O) groups is 1. The molecule has 0 spiro atoms. The predicted octanol–water partition coefficient (Wildman–Crippen LogP) is 3.04. The number of nitrogens with one attached hydrogen (secondary N) is 1. The van der Waals surface area contributed by atoms with Crippen molar-refractivity contribution >= 4 is 5.91 Å². The average molecular weight is 295 g/mol. The Labute approximate surface area is 119 Å². The fourth-order valence-corrected chi connectivity index (χ4v) is 1.81. The van der Waals surface area contributed by atoms with Gasteiger partial charge in [-0.1, -0.05) is 12.1 Å². The molecule has 1 amide bonds. The van der Waals surface area contributed by atoms with Gasteiger partial charge in [-0.25, -0.2) is 13.2 Å². The first kappa shape index (κ1) is 14.9. The fourth-order valence-electron chi connectivity index (χ4n) is 1.81. The number of carbonyl (C=O) groups excluding carboxylic acids is 1. The Bertz CT molecular complexity index is 674. The first-order chi connectivity index (χ1) is 10.0. The van der Waals surface area contributed by atoms with Crippen molar-refractivity contribution in [1.29, 1.82) is 0 Å². The summed E-state index contributed by atoms with van der Waals surface area (Å²) < 4.78 is 44.6. The van der Waals surface area contributed by atoms with Gasteiger partial charge in [0, 0.05) is 12.1 Å². The molecule has 6 heteroatoms. The molecule has 0 aliphatic rings. The van der Waals surface area contributed by atoms with Crippen LogP contribution in [-0.2, 0) is 6.54 Å². The highest BCUT2D eigenvalue weighted by Gasteiger charge is 2.14. The van der Waals surface area contributed by atoms with Crippen molar-refractivity contribution in [2.45, 2.75) is 6.54 Å². The third-order valence-electron chi connectivity index (χ3n) is 2.88. The van der Waals surface area contributed by atoms with Crippen LogP contribution in [0.25, 0.3) is 0 Å². The van der Waals surface area contributed by atoms with E-state index < -0.39 is 23.4 Å². The van der Waals surface area contributed by atoms with Crippen LogP contribution >= 0.6 is 0 Å². The standard InChI is InChI=1S/C15H12F3NO2/c1-21-13-6-5-10(16)7-11(13)15(20)19-8-9-3-2-4-12(17)14(9)18/h2-7H,8H2,1H3,(H,19,20). The smallest absolute Gasteiger partial charge is 0.255 e. The van der Waals surface area contributed by atoms with Gasteiger partial charge in [0.2, 0.25) is 0 Å². The van der Waals surface area contributed by atoms with Crippen molar-refractivity contribution in [3.63, 3.8) is 0 Å².